The van der Waals surface area contributed by atoms with Crippen LogP contribution in [0.2, 0.25) is 0 Å². The van der Waals surface area contributed by atoms with Crippen molar-refractivity contribution >= 4 is 17.5 Å². The number of hydrogen-bond donors (Lipinski definition) is 2. The minimum absolute atomic E-state index is 0.0202. The van der Waals surface area contributed by atoms with Crippen molar-refractivity contribution in [1.82, 2.24) is 10.6 Å². The van der Waals surface area contributed by atoms with Gasteiger partial charge in [0.25, 0.3) is 0 Å². The Labute approximate surface area is 148 Å². The molecule has 1 aliphatic heterocycles. The molecule has 6 heteroatoms. The van der Waals surface area contributed by atoms with Crippen LogP contribution in [0.3, 0.4) is 0 Å². The SMILES string of the molecule is O=C(CCCNC(=O)C1CC1)NC1CCCN(c2cccc(F)c2)C1. The Bertz CT molecular complexity index is 618. The number of halogens is 1. The van der Waals surface area contributed by atoms with E-state index >= 15 is 0 Å². The van der Waals surface area contributed by atoms with E-state index < -0.39 is 0 Å². The van der Waals surface area contributed by atoms with Gasteiger partial charge >= 0.3 is 0 Å². The number of piperidine rings is 1. The number of carbonyl (C=O) groups is 2. The molecule has 2 N–H and O–H groups in total. The third kappa shape index (κ3) is 5.44. The fourth-order valence-corrected chi connectivity index (χ4v) is 3.25. The van der Waals surface area contributed by atoms with Gasteiger partial charge in [-0.15, -0.1) is 0 Å². The van der Waals surface area contributed by atoms with Gasteiger partial charge in [-0.25, -0.2) is 4.39 Å². The molecule has 1 heterocycles. The van der Waals surface area contributed by atoms with E-state index in [0.717, 1.165) is 37.9 Å². The van der Waals surface area contributed by atoms with Crippen LogP contribution >= 0.6 is 0 Å². The molecule has 3 rings (SSSR count). The van der Waals surface area contributed by atoms with Crippen LogP contribution < -0.4 is 15.5 Å². The molecule has 1 aromatic rings. The van der Waals surface area contributed by atoms with Crippen molar-refractivity contribution < 1.29 is 14.0 Å². The standard InChI is InChI=1S/C19H26FN3O2/c20-15-4-1-6-17(12-15)23-11-3-5-16(13-23)22-18(24)7-2-10-21-19(25)14-8-9-14/h1,4,6,12,14,16H,2-3,5,7-11,13H2,(H,21,25)(H,22,24). The van der Waals surface area contributed by atoms with Gasteiger partial charge in [-0.2, -0.15) is 0 Å². The van der Waals surface area contributed by atoms with E-state index in [-0.39, 0.29) is 29.6 Å². The van der Waals surface area contributed by atoms with Crippen LogP contribution in [0.25, 0.3) is 0 Å². The molecule has 1 aromatic carbocycles. The summed E-state index contributed by atoms with van der Waals surface area (Å²) >= 11 is 0. The lowest BCUT2D eigenvalue weighted by Gasteiger charge is -2.34. The van der Waals surface area contributed by atoms with Crippen molar-refractivity contribution in [2.45, 2.75) is 44.6 Å². The Morgan fingerprint density at radius 1 is 1.24 bits per heavy atom. The van der Waals surface area contributed by atoms with Gasteiger partial charge in [0.2, 0.25) is 11.8 Å². The summed E-state index contributed by atoms with van der Waals surface area (Å²) in [5.41, 5.74) is 0.863. The predicted molar refractivity (Wildman–Crippen MR) is 94.7 cm³/mol. The highest BCUT2D eigenvalue weighted by Crippen LogP contribution is 2.28. The lowest BCUT2D eigenvalue weighted by Crippen LogP contribution is -2.47. The van der Waals surface area contributed by atoms with Crippen LogP contribution in [-0.2, 0) is 9.59 Å². The fourth-order valence-electron chi connectivity index (χ4n) is 3.25. The van der Waals surface area contributed by atoms with E-state index in [1.807, 2.05) is 6.07 Å². The third-order valence-electron chi connectivity index (χ3n) is 4.79. The Morgan fingerprint density at radius 3 is 2.84 bits per heavy atom. The second-order valence-corrected chi connectivity index (χ2v) is 7.00. The Kier molecular flexibility index (Phi) is 5.89. The van der Waals surface area contributed by atoms with Gasteiger partial charge in [-0.05, 0) is 50.3 Å². The molecule has 1 unspecified atom stereocenters. The van der Waals surface area contributed by atoms with Gasteiger partial charge in [-0.3, -0.25) is 9.59 Å². The highest BCUT2D eigenvalue weighted by molar-refractivity contribution is 5.81. The number of hydrogen-bond acceptors (Lipinski definition) is 3. The Morgan fingerprint density at radius 2 is 2.08 bits per heavy atom. The molecular formula is C19H26FN3O2. The normalized spacial score (nSPS) is 20.2. The van der Waals surface area contributed by atoms with E-state index in [2.05, 4.69) is 15.5 Å². The molecule has 0 radical (unpaired) electrons. The average Bonchev–Trinajstić information content (AvgIpc) is 3.44. The summed E-state index contributed by atoms with van der Waals surface area (Å²) in [6.45, 7) is 2.14. The first-order valence-electron chi connectivity index (χ1n) is 9.19. The summed E-state index contributed by atoms with van der Waals surface area (Å²) < 4.78 is 13.4. The number of anilines is 1. The van der Waals surface area contributed by atoms with Gasteiger partial charge in [0.05, 0.1) is 0 Å². The molecule has 1 saturated carbocycles. The van der Waals surface area contributed by atoms with E-state index in [0.29, 0.717) is 25.9 Å². The number of benzene rings is 1. The molecule has 136 valence electrons. The molecular weight excluding hydrogens is 321 g/mol. The molecule has 5 nitrogen and oxygen atoms in total. The number of nitrogens with one attached hydrogen (secondary N) is 2. The van der Waals surface area contributed by atoms with Crippen LogP contribution in [-0.4, -0.2) is 37.5 Å². The van der Waals surface area contributed by atoms with Gasteiger partial charge in [0, 0.05) is 43.7 Å². The minimum atomic E-state index is -0.239. The van der Waals surface area contributed by atoms with E-state index in [1.54, 1.807) is 6.07 Å². The molecule has 1 aliphatic carbocycles. The molecule has 2 aliphatic rings. The van der Waals surface area contributed by atoms with E-state index in [1.165, 1.54) is 12.1 Å². The zero-order chi connectivity index (χ0) is 17.6. The van der Waals surface area contributed by atoms with Crippen LogP contribution in [0.15, 0.2) is 24.3 Å². The maximum absolute atomic E-state index is 13.4. The molecule has 0 spiro atoms. The quantitative estimate of drug-likeness (QED) is 0.744. The van der Waals surface area contributed by atoms with Crippen molar-refractivity contribution in [2.75, 3.05) is 24.5 Å². The molecule has 1 saturated heterocycles. The topological polar surface area (TPSA) is 61.4 Å². The van der Waals surface area contributed by atoms with Crippen molar-refractivity contribution in [3.8, 4) is 0 Å². The van der Waals surface area contributed by atoms with Crippen LogP contribution in [0.1, 0.15) is 38.5 Å². The maximum atomic E-state index is 13.4. The smallest absolute Gasteiger partial charge is 0.223 e. The van der Waals surface area contributed by atoms with Gasteiger partial charge in [0.1, 0.15) is 5.82 Å². The molecule has 2 amide bonds. The van der Waals surface area contributed by atoms with E-state index in [9.17, 15) is 14.0 Å². The maximum Gasteiger partial charge on any atom is 0.223 e. The minimum Gasteiger partial charge on any atom is -0.369 e. The average molecular weight is 347 g/mol. The van der Waals surface area contributed by atoms with Crippen LogP contribution in [0.5, 0.6) is 0 Å². The molecule has 1 atom stereocenters. The van der Waals surface area contributed by atoms with Gasteiger partial charge < -0.3 is 15.5 Å². The number of carbonyl (C=O) groups excluding carboxylic acids is 2. The first kappa shape index (κ1) is 17.7. The molecule has 0 bridgehead atoms. The summed E-state index contributed by atoms with van der Waals surface area (Å²) in [6, 6.07) is 6.67. The highest BCUT2D eigenvalue weighted by Gasteiger charge is 2.29. The van der Waals surface area contributed by atoms with Gasteiger partial charge in [-0.1, -0.05) is 6.07 Å². The first-order chi connectivity index (χ1) is 12.1. The summed E-state index contributed by atoms with van der Waals surface area (Å²) in [6.07, 6.45) is 4.98. The molecule has 0 aromatic heterocycles. The summed E-state index contributed by atoms with van der Waals surface area (Å²) in [4.78, 5) is 25.7. The zero-order valence-electron chi connectivity index (χ0n) is 14.5. The van der Waals surface area contributed by atoms with Crippen molar-refractivity contribution in [3.05, 3.63) is 30.1 Å². The summed E-state index contributed by atoms with van der Waals surface area (Å²) in [5, 5.41) is 5.94. The summed E-state index contributed by atoms with van der Waals surface area (Å²) in [5.74, 6) is 0.118. The zero-order valence-corrected chi connectivity index (χ0v) is 14.5. The van der Waals surface area contributed by atoms with Crippen LogP contribution in [0, 0.1) is 11.7 Å². The predicted octanol–water partition coefficient (Wildman–Crippen LogP) is 2.22. The Balaban J connectivity index is 1.38. The van der Waals surface area contributed by atoms with Gasteiger partial charge in [0.15, 0.2) is 0 Å². The number of amides is 2. The van der Waals surface area contributed by atoms with Crippen molar-refractivity contribution in [2.24, 2.45) is 5.92 Å². The van der Waals surface area contributed by atoms with Crippen LogP contribution in [0.4, 0.5) is 10.1 Å². The second kappa shape index (κ2) is 8.32. The third-order valence-corrected chi connectivity index (χ3v) is 4.79. The number of rotatable bonds is 7. The number of nitrogens with zero attached hydrogens (tertiary/aromatic N) is 1. The van der Waals surface area contributed by atoms with Crippen molar-refractivity contribution in [1.29, 1.82) is 0 Å². The monoisotopic (exact) mass is 347 g/mol. The summed E-state index contributed by atoms with van der Waals surface area (Å²) in [7, 11) is 0. The van der Waals surface area contributed by atoms with Crippen molar-refractivity contribution in [3.63, 3.8) is 0 Å². The highest BCUT2D eigenvalue weighted by atomic mass is 19.1. The lowest BCUT2D eigenvalue weighted by molar-refractivity contribution is -0.124. The first-order valence-corrected chi connectivity index (χ1v) is 9.19. The second-order valence-electron chi connectivity index (χ2n) is 7.00. The van der Waals surface area contributed by atoms with E-state index in [4.69, 9.17) is 0 Å². The molecule has 25 heavy (non-hydrogen) atoms. The largest absolute Gasteiger partial charge is 0.369 e. The Hall–Kier alpha value is -2.11. The fraction of sp³-hybridized carbons (Fsp3) is 0.579. The lowest BCUT2D eigenvalue weighted by atomic mass is 10.0. The molecule has 2 fully saturated rings.